The third-order valence-corrected chi connectivity index (χ3v) is 4.58. The minimum atomic E-state index is -0.177. The lowest BCUT2D eigenvalue weighted by Gasteiger charge is -2.20. The number of hydrogen-bond acceptors (Lipinski definition) is 2. The van der Waals surface area contributed by atoms with Crippen molar-refractivity contribution < 1.29 is 9.53 Å². The van der Waals surface area contributed by atoms with E-state index in [1.54, 1.807) is 0 Å². The molecule has 0 radical (unpaired) electrons. The maximum atomic E-state index is 12.3. The molecule has 2 saturated heterocycles. The van der Waals surface area contributed by atoms with Gasteiger partial charge in [0.15, 0.2) is 0 Å². The number of carbonyl (C=O) groups is 1. The molecular weight excluding hydrogens is 306 g/mol. The monoisotopic (exact) mass is 323 g/mol. The summed E-state index contributed by atoms with van der Waals surface area (Å²) in [7, 11) is 0. The lowest BCUT2D eigenvalue weighted by atomic mass is 9.99. The van der Waals surface area contributed by atoms with Gasteiger partial charge in [0.2, 0.25) is 0 Å². The first-order chi connectivity index (χ1) is 9.24. The number of benzene rings is 1. The van der Waals surface area contributed by atoms with Crippen LogP contribution in [0.1, 0.15) is 30.7 Å². The molecule has 3 nitrogen and oxygen atoms in total. The molecule has 2 aliphatic heterocycles. The number of nitrogens with zero attached hydrogens (tertiary/aromatic N) is 1. The molecule has 0 saturated carbocycles. The fourth-order valence-corrected chi connectivity index (χ4v) is 3.21. The van der Waals surface area contributed by atoms with Gasteiger partial charge in [-0.2, -0.15) is 0 Å². The number of carbonyl (C=O) groups excluding carboxylic acids is 1. The molecule has 2 unspecified atom stereocenters. The van der Waals surface area contributed by atoms with Crippen molar-refractivity contribution in [3.63, 3.8) is 0 Å². The van der Waals surface area contributed by atoms with E-state index in [1.807, 2.05) is 4.90 Å². The molecule has 2 fully saturated rings. The maximum Gasteiger partial charge on any atom is 0.251 e. The van der Waals surface area contributed by atoms with E-state index in [0.29, 0.717) is 5.92 Å². The van der Waals surface area contributed by atoms with E-state index in [4.69, 9.17) is 4.74 Å². The second-order valence-corrected chi connectivity index (χ2v) is 6.24. The molecule has 3 rings (SSSR count). The average Bonchev–Trinajstić information content (AvgIpc) is 3.10. The predicted octanol–water partition coefficient (Wildman–Crippen LogP) is 2.94. The van der Waals surface area contributed by atoms with Crippen LogP contribution in [0.25, 0.3) is 0 Å². The van der Waals surface area contributed by atoms with Crippen molar-refractivity contribution in [3.05, 3.63) is 34.3 Å². The highest BCUT2D eigenvalue weighted by Crippen LogP contribution is 2.29. The van der Waals surface area contributed by atoms with E-state index in [-0.39, 0.29) is 12.0 Å². The van der Waals surface area contributed by atoms with Gasteiger partial charge in [0, 0.05) is 30.1 Å². The van der Waals surface area contributed by atoms with E-state index < -0.39 is 0 Å². The lowest BCUT2D eigenvalue weighted by molar-refractivity contribution is -0.139. The highest BCUT2D eigenvalue weighted by atomic mass is 79.9. The minimum Gasteiger partial charge on any atom is -0.368 e. The van der Waals surface area contributed by atoms with E-state index in [9.17, 15) is 4.79 Å². The van der Waals surface area contributed by atoms with Crippen LogP contribution in [0.3, 0.4) is 0 Å². The van der Waals surface area contributed by atoms with Gasteiger partial charge in [0.05, 0.1) is 0 Å². The van der Waals surface area contributed by atoms with Crippen LogP contribution >= 0.6 is 15.9 Å². The van der Waals surface area contributed by atoms with Gasteiger partial charge in [-0.3, -0.25) is 4.79 Å². The second kappa shape index (κ2) is 5.63. The summed E-state index contributed by atoms with van der Waals surface area (Å²) in [5, 5.41) is 0. The van der Waals surface area contributed by atoms with Crippen molar-refractivity contribution in [2.75, 3.05) is 19.7 Å². The van der Waals surface area contributed by atoms with Gasteiger partial charge in [-0.05, 0) is 37.0 Å². The van der Waals surface area contributed by atoms with Crippen molar-refractivity contribution in [2.24, 2.45) is 0 Å². The maximum absolute atomic E-state index is 12.3. The van der Waals surface area contributed by atoms with Gasteiger partial charge in [-0.15, -0.1) is 0 Å². The Hall–Kier alpha value is -0.870. The van der Waals surface area contributed by atoms with E-state index in [0.717, 1.165) is 43.4 Å². The van der Waals surface area contributed by atoms with Gasteiger partial charge in [-0.25, -0.2) is 0 Å². The van der Waals surface area contributed by atoms with E-state index in [1.165, 1.54) is 5.56 Å². The zero-order valence-corrected chi connectivity index (χ0v) is 12.4. The molecule has 0 aliphatic carbocycles. The molecule has 1 aromatic carbocycles. The van der Waals surface area contributed by atoms with Gasteiger partial charge in [0.25, 0.3) is 5.91 Å². The number of amides is 1. The molecule has 0 N–H and O–H groups in total. The Morgan fingerprint density at radius 2 is 2.05 bits per heavy atom. The second-order valence-electron chi connectivity index (χ2n) is 5.32. The molecule has 0 bridgehead atoms. The van der Waals surface area contributed by atoms with Crippen molar-refractivity contribution in [1.82, 2.24) is 4.90 Å². The number of rotatable bonds is 2. The van der Waals surface area contributed by atoms with E-state index >= 15 is 0 Å². The molecule has 2 aliphatic rings. The number of ether oxygens (including phenoxy) is 1. The Morgan fingerprint density at radius 1 is 1.26 bits per heavy atom. The summed E-state index contributed by atoms with van der Waals surface area (Å²) >= 11 is 3.45. The number of likely N-dealkylation sites (tertiary alicyclic amines) is 1. The van der Waals surface area contributed by atoms with Crippen molar-refractivity contribution in [3.8, 4) is 0 Å². The Balaban J connectivity index is 1.63. The number of hydrogen-bond donors (Lipinski definition) is 0. The van der Waals surface area contributed by atoms with Crippen LogP contribution in [0.5, 0.6) is 0 Å². The van der Waals surface area contributed by atoms with Gasteiger partial charge in [-0.1, -0.05) is 28.1 Å². The number of halogens is 1. The Kier molecular flexibility index (Phi) is 3.89. The zero-order valence-electron chi connectivity index (χ0n) is 10.8. The Labute approximate surface area is 122 Å². The third-order valence-electron chi connectivity index (χ3n) is 4.05. The predicted molar refractivity (Wildman–Crippen MR) is 77.1 cm³/mol. The summed E-state index contributed by atoms with van der Waals surface area (Å²) in [5.74, 6) is 0.663. The molecule has 102 valence electrons. The topological polar surface area (TPSA) is 29.5 Å². The minimum absolute atomic E-state index is 0.177. The van der Waals surface area contributed by atoms with Gasteiger partial charge >= 0.3 is 0 Å². The van der Waals surface area contributed by atoms with Crippen LogP contribution in [0, 0.1) is 0 Å². The van der Waals surface area contributed by atoms with Crippen LogP contribution in [0.2, 0.25) is 0 Å². The smallest absolute Gasteiger partial charge is 0.251 e. The van der Waals surface area contributed by atoms with Gasteiger partial charge < -0.3 is 9.64 Å². The van der Waals surface area contributed by atoms with Crippen LogP contribution in [0.15, 0.2) is 28.7 Å². The summed E-state index contributed by atoms with van der Waals surface area (Å²) in [5.41, 5.74) is 1.32. The SMILES string of the molecule is O=C(C1CCCO1)N1CCC(c2ccc(Br)cc2)C1. The summed E-state index contributed by atoms with van der Waals surface area (Å²) < 4.78 is 6.59. The molecule has 2 atom stereocenters. The fourth-order valence-electron chi connectivity index (χ4n) is 2.94. The normalized spacial score (nSPS) is 26.9. The van der Waals surface area contributed by atoms with Gasteiger partial charge in [0.1, 0.15) is 6.10 Å². The Morgan fingerprint density at radius 3 is 2.74 bits per heavy atom. The first-order valence-corrected chi connectivity index (χ1v) is 7.69. The summed E-state index contributed by atoms with van der Waals surface area (Å²) in [6, 6.07) is 8.43. The third kappa shape index (κ3) is 2.84. The molecule has 1 aromatic rings. The quantitative estimate of drug-likeness (QED) is 0.837. The van der Waals surface area contributed by atoms with Crippen molar-refractivity contribution in [2.45, 2.75) is 31.3 Å². The molecule has 19 heavy (non-hydrogen) atoms. The molecule has 4 heteroatoms. The van der Waals surface area contributed by atoms with Crippen molar-refractivity contribution >= 4 is 21.8 Å². The molecular formula is C15H18BrNO2. The first-order valence-electron chi connectivity index (χ1n) is 6.90. The Bertz CT molecular complexity index is 454. The lowest BCUT2D eigenvalue weighted by Crippen LogP contribution is -2.37. The van der Waals surface area contributed by atoms with E-state index in [2.05, 4.69) is 40.2 Å². The molecule has 1 amide bonds. The highest BCUT2D eigenvalue weighted by molar-refractivity contribution is 9.10. The largest absolute Gasteiger partial charge is 0.368 e. The first kappa shape index (κ1) is 13.1. The summed E-state index contributed by atoms with van der Waals surface area (Å²) in [4.78, 5) is 14.2. The summed E-state index contributed by atoms with van der Waals surface area (Å²) in [6.07, 6.45) is 2.78. The zero-order chi connectivity index (χ0) is 13.2. The highest BCUT2D eigenvalue weighted by Gasteiger charge is 2.33. The van der Waals surface area contributed by atoms with Crippen molar-refractivity contribution in [1.29, 1.82) is 0 Å². The average molecular weight is 324 g/mol. The fraction of sp³-hybridized carbons (Fsp3) is 0.533. The standard InChI is InChI=1S/C15H18BrNO2/c16-13-5-3-11(4-6-13)12-7-8-17(10-12)15(18)14-2-1-9-19-14/h3-6,12,14H,1-2,7-10H2. The summed E-state index contributed by atoms with van der Waals surface area (Å²) in [6.45, 7) is 2.43. The van der Waals surface area contributed by atoms with Crippen LogP contribution in [-0.4, -0.2) is 36.6 Å². The molecule has 0 spiro atoms. The van der Waals surface area contributed by atoms with Crippen LogP contribution in [0.4, 0.5) is 0 Å². The van der Waals surface area contributed by atoms with Crippen LogP contribution in [-0.2, 0) is 9.53 Å². The van der Waals surface area contributed by atoms with Crippen LogP contribution < -0.4 is 0 Å². The molecule has 2 heterocycles. The molecule has 0 aromatic heterocycles.